The molecule has 0 amide bonds. The lowest BCUT2D eigenvalue weighted by molar-refractivity contribution is 0.494. The summed E-state index contributed by atoms with van der Waals surface area (Å²) in [5.41, 5.74) is 8.30. The van der Waals surface area contributed by atoms with Crippen LogP contribution >= 0.6 is 0 Å². The Morgan fingerprint density at radius 2 is 2.00 bits per heavy atom. The van der Waals surface area contributed by atoms with Crippen LogP contribution in [-0.4, -0.2) is 28.5 Å². The molecule has 0 radical (unpaired) electrons. The maximum Gasteiger partial charge on any atom is 0.151 e. The summed E-state index contributed by atoms with van der Waals surface area (Å²) in [6.45, 7) is 8.90. The number of aromatic nitrogens is 2. The molecule has 3 rings (SSSR count). The highest BCUT2D eigenvalue weighted by atomic mass is 15.2. The van der Waals surface area contributed by atoms with Crippen LogP contribution in [0.15, 0.2) is 24.4 Å². The fourth-order valence-corrected chi connectivity index (χ4v) is 3.08. The zero-order valence-electron chi connectivity index (χ0n) is 12.6. The number of pyridine rings is 1. The minimum absolute atomic E-state index is 0.145. The summed E-state index contributed by atoms with van der Waals surface area (Å²) < 4.78 is 2.19. The van der Waals surface area contributed by atoms with Crippen LogP contribution in [0.2, 0.25) is 0 Å². The van der Waals surface area contributed by atoms with E-state index in [4.69, 9.17) is 10.7 Å². The van der Waals surface area contributed by atoms with Crippen LogP contribution in [-0.2, 0) is 6.42 Å². The first kappa shape index (κ1) is 13.4. The lowest BCUT2D eigenvalue weighted by Crippen LogP contribution is -2.24. The van der Waals surface area contributed by atoms with Gasteiger partial charge in [0.05, 0.1) is 5.69 Å². The monoisotopic (exact) mass is 272 g/mol. The molecule has 1 aliphatic rings. The average molecular weight is 272 g/mol. The lowest BCUT2D eigenvalue weighted by atomic mass is 10.0. The SMILES string of the molecule is CC(N)Cc1c(N2CC(C)C(C)C2)nc2ccccn12. The summed E-state index contributed by atoms with van der Waals surface area (Å²) in [7, 11) is 0. The van der Waals surface area contributed by atoms with E-state index < -0.39 is 0 Å². The molecule has 0 spiro atoms. The van der Waals surface area contributed by atoms with Gasteiger partial charge in [-0.25, -0.2) is 4.98 Å². The van der Waals surface area contributed by atoms with Gasteiger partial charge in [-0.2, -0.15) is 0 Å². The van der Waals surface area contributed by atoms with E-state index in [1.807, 2.05) is 6.07 Å². The first-order chi connectivity index (χ1) is 9.56. The summed E-state index contributed by atoms with van der Waals surface area (Å²) in [5.74, 6) is 2.58. The smallest absolute Gasteiger partial charge is 0.151 e. The minimum Gasteiger partial charge on any atom is -0.355 e. The molecule has 2 aromatic rings. The molecule has 3 atom stereocenters. The van der Waals surface area contributed by atoms with Gasteiger partial charge in [-0.3, -0.25) is 0 Å². The third kappa shape index (κ3) is 2.29. The third-order valence-corrected chi connectivity index (χ3v) is 4.41. The van der Waals surface area contributed by atoms with Crippen molar-refractivity contribution >= 4 is 11.5 Å². The quantitative estimate of drug-likeness (QED) is 0.932. The van der Waals surface area contributed by atoms with Crippen LogP contribution in [0, 0.1) is 11.8 Å². The fraction of sp³-hybridized carbons (Fsp3) is 0.562. The molecule has 0 aliphatic carbocycles. The van der Waals surface area contributed by atoms with Crippen LogP contribution in [0.5, 0.6) is 0 Å². The van der Waals surface area contributed by atoms with Crippen molar-refractivity contribution in [2.45, 2.75) is 33.2 Å². The van der Waals surface area contributed by atoms with Crippen molar-refractivity contribution in [3.8, 4) is 0 Å². The summed E-state index contributed by atoms with van der Waals surface area (Å²) >= 11 is 0. The highest BCUT2D eigenvalue weighted by Gasteiger charge is 2.29. The molecule has 3 unspecified atom stereocenters. The Bertz CT molecular complexity index is 592. The molecule has 4 heteroatoms. The van der Waals surface area contributed by atoms with E-state index in [1.165, 1.54) is 5.69 Å². The number of fused-ring (bicyclic) bond motifs is 1. The van der Waals surface area contributed by atoms with Gasteiger partial charge in [0.15, 0.2) is 5.82 Å². The molecule has 4 nitrogen and oxygen atoms in total. The van der Waals surface area contributed by atoms with E-state index in [0.717, 1.165) is 42.8 Å². The maximum absolute atomic E-state index is 6.04. The van der Waals surface area contributed by atoms with Crippen molar-refractivity contribution in [3.63, 3.8) is 0 Å². The van der Waals surface area contributed by atoms with Crippen LogP contribution < -0.4 is 10.6 Å². The molecule has 0 saturated carbocycles. The Labute approximate surface area is 120 Å². The Morgan fingerprint density at radius 1 is 1.30 bits per heavy atom. The van der Waals surface area contributed by atoms with Gasteiger partial charge in [-0.15, -0.1) is 0 Å². The molecule has 2 aromatic heterocycles. The highest BCUT2D eigenvalue weighted by molar-refractivity contribution is 5.56. The molecular formula is C16H24N4. The molecule has 1 aliphatic heterocycles. The van der Waals surface area contributed by atoms with Crippen molar-refractivity contribution < 1.29 is 0 Å². The molecule has 1 fully saturated rings. The molecule has 108 valence electrons. The minimum atomic E-state index is 0.145. The van der Waals surface area contributed by atoms with E-state index >= 15 is 0 Å². The normalized spacial score (nSPS) is 24.5. The van der Waals surface area contributed by atoms with Crippen LogP contribution in [0.3, 0.4) is 0 Å². The van der Waals surface area contributed by atoms with E-state index in [2.05, 4.69) is 48.4 Å². The van der Waals surface area contributed by atoms with E-state index in [1.54, 1.807) is 0 Å². The molecule has 0 bridgehead atoms. The standard InChI is InChI=1S/C16H24N4/c1-11-9-19(10-12(11)2)16-14(8-13(3)17)20-7-5-4-6-15(20)18-16/h4-7,11-13H,8-10,17H2,1-3H3. The first-order valence-corrected chi connectivity index (χ1v) is 7.52. The topological polar surface area (TPSA) is 46.6 Å². The van der Waals surface area contributed by atoms with Crippen molar-refractivity contribution in [3.05, 3.63) is 30.1 Å². The number of hydrogen-bond acceptors (Lipinski definition) is 3. The van der Waals surface area contributed by atoms with Gasteiger partial charge in [0, 0.05) is 31.7 Å². The van der Waals surface area contributed by atoms with Gasteiger partial charge in [0.25, 0.3) is 0 Å². The second kappa shape index (κ2) is 5.09. The Hall–Kier alpha value is -1.55. The Balaban J connectivity index is 2.05. The third-order valence-electron chi connectivity index (χ3n) is 4.41. The molecule has 20 heavy (non-hydrogen) atoms. The zero-order valence-corrected chi connectivity index (χ0v) is 12.6. The average Bonchev–Trinajstić information content (AvgIpc) is 2.91. The van der Waals surface area contributed by atoms with Crippen molar-refractivity contribution in [1.82, 2.24) is 9.38 Å². The molecule has 0 aromatic carbocycles. The zero-order chi connectivity index (χ0) is 14.3. The number of anilines is 1. The van der Waals surface area contributed by atoms with Gasteiger partial charge < -0.3 is 15.0 Å². The number of hydrogen-bond donors (Lipinski definition) is 1. The number of nitrogens with zero attached hydrogens (tertiary/aromatic N) is 3. The predicted octanol–water partition coefficient (Wildman–Crippen LogP) is 2.32. The Kier molecular flexibility index (Phi) is 3.42. The largest absolute Gasteiger partial charge is 0.355 e. The van der Waals surface area contributed by atoms with Crippen LogP contribution in [0.1, 0.15) is 26.5 Å². The van der Waals surface area contributed by atoms with Gasteiger partial charge in [0.2, 0.25) is 0 Å². The summed E-state index contributed by atoms with van der Waals surface area (Å²) in [4.78, 5) is 7.28. The van der Waals surface area contributed by atoms with Gasteiger partial charge in [-0.05, 0) is 30.9 Å². The van der Waals surface area contributed by atoms with E-state index in [0.29, 0.717) is 0 Å². The lowest BCUT2D eigenvalue weighted by Gasteiger charge is -2.18. The second-order valence-corrected chi connectivity index (χ2v) is 6.35. The number of rotatable bonds is 3. The van der Waals surface area contributed by atoms with Crippen LogP contribution in [0.4, 0.5) is 5.82 Å². The molecular weight excluding hydrogens is 248 g/mol. The van der Waals surface area contributed by atoms with Gasteiger partial charge in [-0.1, -0.05) is 19.9 Å². The van der Waals surface area contributed by atoms with Crippen molar-refractivity contribution in [2.24, 2.45) is 17.6 Å². The van der Waals surface area contributed by atoms with E-state index in [-0.39, 0.29) is 6.04 Å². The molecule has 3 heterocycles. The summed E-state index contributed by atoms with van der Waals surface area (Å²) in [5, 5.41) is 0. The summed E-state index contributed by atoms with van der Waals surface area (Å²) in [6.07, 6.45) is 2.95. The van der Waals surface area contributed by atoms with E-state index in [9.17, 15) is 0 Å². The van der Waals surface area contributed by atoms with Crippen LogP contribution in [0.25, 0.3) is 5.65 Å². The van der Waals surface area contributed by atoms with Crippen molar-refractivity contribution in [1.29, 1.82) is 0 Å². The Morgan fingerprint density at radius 3 is 2.65 bits per heavy atom. The maximum atomic E-state index is 6.04. The first-order valence-electron chi connectivity index (χ1n) is 7.52. The molecule has 2 N–H and O–H groups in total. The summed E-state index contributed by atoms with van der Waals surface area (Å²) in [6, 6.07) is 6.30. The predicted molar refractivity (Wildman–Crippen MR) is 83.1 cm³/mol. The fourth-order valence-electron chi connectivity index (χ4n) is 3.08. The number of imidazole rings is 1. The highest BCUT2D eigenvalue weighted by Crippen LogP contribution is 2.30. The van der Waals surface area contributed by atoms with Gasteiger partial charge in [0.1, 0.15) is 5.65 Å². The molecule has 1 saturated heterocycles. The van der Waals surface area contributed by atoms with Crippen molar-refractivity contribution in [2.75, 3.05) is 18.0 Å². The van der Waals surface area contributed by atoms with Gasteiger partial charge >= 0.3 is 0 Å². The second-order valence-electron chi connectivity index (χ2n) is 6.35. The number of nitrogens with two attached hydrogens (primary N) is 1.